The molecule has 0 aliphatic carbocycles. The monoisotopic (exact) mass is 195 g/mol. The summed E-state index contributed by atoms with van der Waals surface area (Å²) in [5.41, 5.74) is 1.43. The van der Waals surface area contributed by atoms with E-state index in [1.807, 2.05) is 12.3 Å². The number of hydrogen-bond donors (Lipinski definition) is 1. The van der Waals surface area contributed by atoms with Gasteiger partial charge in [-0.05, 0) is 13.0 Å². The average molecular weight is 195 g/mol. The van der Waals surface area contributed by atoms with Crippen molar-refractivity contribution in [2.45, 2.75) is 13.0 Å². The van der Waals surface area contributed by atoms with E-state index in [-0.39, 0.29) is 0 Å². The number of hydrogen-bond acceptors (Lipinski definition) is 4. The first-order chi connectivity index (χ1) is 6.27. The molecule has 0 amide bonds. The van der Waals surface area contributed by atoms with Crippen molar-refractivity contribution >= 4 is 11.3 Å². The lowest BCUT2D eigenvalue weighted by Crippen LogP contribution is -1.97. The van der Waals surface area contributed by atoms with Crippen LogP contribution in [0.4, 0.5) is 0 Å². The van der Waals surface area contributed by atoms with Gasteiger partial charge in [-0.1, -0.05) is 0 Å². The lowest BCUT2D eigenvalue weighted by Gasteiger charge is -2.02. The first kappa shape index (κ1) is 8.47. The van der Waals surface area contributed by atoms with Crippen LogP contribution in [0.15, 0.2) is 28.4 Å². The smallest absolute Gasteiger partial charge is 0.125 e. The second-order valence-corrected chi connectivity index (χ2v) is 3.81. The summed E-state index contributed by atoms with van der Waals surface area (Å²) >= 11 is 1.53. The molecule has 3 nitrogen and oxygen atoms in total. The van der Waals surface area contributed by atoms with Gasteiger partial charge in [-0.3, -0.25) is 0 Å². The zero-order chi connectivity index (χ0) is 9.26. The highest BCUT2D eigenvalue weighted by Gasteiger charge is 2.13. The maximum absolute atomic E-state index is 9.78. The molecular weight excluding hydrogens is 186 g/mol. The van der Waals surface area contributed by atoms with Crippen molar-refractivity contribution in [1.82, 2.24) is 4.98 Å². The van der Waals surface area contributed by atoms with Crippen molar-refractivity contribution in [3.05, 3.63) is 40.2 Å². The zero-order valence-corrected chi connectivity index (χ0v) is 7.91. The lowest BCUT2D eigenvalue weighted by molar-refractivity contribution is 0.215. The fourth-order valence-electron chi connectivity index (χ4n) is 1.11. The van der Waals surface area contributed by atoms with Crippen LogP contribution in [0.25, 0.3) is 0 Å². The third-order valence-corrected chi connectivity index (χ3v) is 2.57. The first-order valence-corrected chi connectivity index (χ1v) is 4.77. The predicted octanol–water partition coefficient (Wildman–Crippen LogP) is 2.13. The molecule has 4 heteroatoms. The van der Waals surface area contributed by atoms with E-state index in [1.54, 1.807) is 6.07 Å². The van der Waals surface area contributed by atoms with Crippen molar-refractivity contribution in [1.29, 1.82) is 0 Å². The molecule has 0 aromatic carbocycles. The van der Waals surface area contributed by atoms with E-state index in [0.29, 0.717) is 5.69 Å². The molecular formula is C9H9NO2S. The van der Waals surface area contributed by atoms with Gasteiger partial charge in [-0.2, -0.15) is 0 Å². The average Bonchev–Trinajstić information content (AvgIpc) is 2.72. The Morgan fingerprint density at radius 3 is 3.00 bits per heavy atom. The number of furan rings is 1. The van der Waals surface area contributed by atoms with E-state index in [0.717, 1.165) is 10.6 Å². The fourth-order valence-corrected chi connectivity index (χ4v) is 1.74. The summed E-state index contributed by atoms with van der Waals surface area (Å²) in [7, 11) is 0. The van der Waals surface area contributed by atoms with Gasteiger partial charge >= 0.3 is 0 Å². The minimum Gasteiger partial charge on any atom is -0.472 e. The Balaban J connectivity index is 2.28. The molecule has 0 saturated carbocycles. The topological polar surface area (TPSA) is 46.3 Å². The minimum absolute atomic E-state index is 0.663. The number of thiazole rings is 1. The summed E-state index contributed by atoms with van der Waals surface area (Å²) in [5, 5.41) is 12.6. The minimum atomic E-state index is -0.663. The first-order valence-electron chi connectivity index (χ1n) is 3.89. The molecule has 1 N–H and O–H groups in total. The highest BCUT2D eigenvalue weighted by Crippen LogP contribution is 2.23. The Labute approximate surface area is 79.7 Å². The van der Waals surface area contributed by atoms with E-state index in [1.165, 1.54) is 23.9 Å². The van der Waals surface area contributed by atoms with E-state index < -0.39 is 6.10 Å². The number of rotatable bonds is 2. The Morgan fingerprint density at radius 1 is 1.62 bits per heavy atom. The van der Waals surface area contributed by atoms with E-state index in [9.17, 15) is 5.11 Å². The molecule has 0 aliphatic rings. The second kappa shape index (κ2) is 3.32. The molecule has 2 aromatic rings. The van der Waals surface area contributed by atoms with E-state index >= 15 is 0 Å². The molecule has 1 atom stereocenters. The van der Waals surface area contributed by atoms with Crippen molar-refractivity contribution in [3.63, 3.8) is 0 Å². The van der Waals surface area contributed by atoms with Crippen LogP contribution in [0.3, 0.4) is 0 Å². The zero-order valence-electron chi connectivity index (χ0n) is 7.10. The molecule has 68 valence electrons. The van der Waals surface area contributed by atoms with Crippen LogP contribution in [0.1, 0.15) is 22.4 Å². The number of nitrogens with zero attached hydrogens (tertiary/aromatic N) is 1. The Morgan fingerprint density at radius 2 is 2.46 bits per heavy atom. The van der Waals surface area contributed by atoms with Crippen LogP contribution in [0.5, 0.6) is 0 Å². The molecule has 13 heavy (non-hydrogen) atoms. The van der Waals surface area contributed by atoms with E-state index in [4.69, 9.17) is 4.42 Å². The third-order valence-electron chi connectivity index (χ3n) is 1.78. The van der Waals surface area contributed by atoms with Gasteiger partial charge in [-0.25, -0.2) is 4.98 Å². The van der Waals surface area contributed by atoms with Crippen LogP contribution >= 0.6 is 11.3 Å². The molecule has 2 heterocycles. The van der Waals surface area contributed by atoms with Gasteiger partial charge < -0.3 is 9.52 Å². The number of aliphatic hydroxyl groups excluding tert-OH is 1. The maximum Gasteiger partial charge on any atom is 0.125 e. The molecule has 2 aromatic heterocycles. The molecule has 0 aliphatic heterocycles. The van der Waals surface area contributed by atoms with Gasteiger partial charge in [0.05, 0.1) is 23.2 Å². The third kappa shape index (κ3) is 1.64. The molecule has 2 rings (SSSR count). The van der Waals surface area contributed by atoms with Crippen LogP contribution < -0.4 is 0 Å². The highest BCUT2D eigenvalue weighted by molar-refractivity contribution is 7.09. The summed E-state index contributed by atoms with van der Waals surface area (Å²) in [6.45, 7) is 1.91. The number of aryl methyl sites for hydroxylation is 1. The van der Waals surface area contributed by atoms with Crippen molar-refractivity contribution in [2.75, 3.05) is 0 Å². The molecule has 0 spiro atoms. The standard InChI is InChI=1S/C9H9NO2S/c1-6-10-8(5-13-6)9(11)7-2-3-12-4-7/h2-5,9,11H,1H3. The van der Waals surface area contributed by atoms with Gasteiger partial charge in [0.25, 0.3) is 0 Å². The van der Waals surface area contributed by atoms with Crippen molar-refractivity contribution in [2.24, 2.45) is 0 Å². The van der Waals surface area contributed by atoms with E-state index in [2.05, 4.69) is 4.98 Å². The van der Waals surface area contributed by atoms with Crippen LogP contribution in [0, 0.1) is 6.92 Å². The molecule has 0 fully saturated rings. The number of aliphatic hydroxyl groups is 1. The quantitative estimate of drug-likeness (QED) is 0.798. The Bertz CT molecular complexity index is 380. The molecule has 1 unspecified atom stereocenters. The summed E-state index contributed by atoms with van der Waals surface area (Å²) in [5.74, 6) is 0. The Hall–Kier alpha value is -1.13. The maximum atomic E-state index is 9.78. The van der Waals surface area contributed by atoms with Crippen molar-refractivity contribution in [3.8, 4) is 0 Å². The molecule has 0 bridgehead atoms. The summed E-state index contributed by atoms with van der Waals surface area (Å²) in [6, 6.07) is 1.74. The van der Waals surface area contributed by atoms with Crippen LogP contribution in [-0.4, -0.2) is 10.1 Å². The molecule has 0 radical (unpaired) electrons. The number of aromatic nitrogens is 1. The summed E-state index contributed by atoms with van der Waals surface area (Å²) in [6.07, 6.45) is 2.40. The lowest BCUT2D eigenvalue weighted by atomic mass is 10.1. The summed E-state index contributed by atoms with van der Waals surface area (Å²) < 4.78 is 4.88. The predicted molar refractivity (Wildman–Crippen MR) is 49.6 cm³/mol. The molecule has 0 saturated heterocycles. The van der Waals surface area contributed by atoms with Crippen LogP contribution in [0.2, 0.25) is 0 Å². The highest BCUT2D eigenvalue weighted by atomic mass is 32.1. The van der Waals surface area contributed by atoms with Gasteiger partial charge in [0.2, 0.25) is 0 Å². The largest absolute Gasteiger partial charge is 0.472 e. The normalized spacial score (nSPS) is 13.1. The Kier molecular flexibility index (Phi) is 2.16. The van der Waals surface area contributed by atoms with Gasteiger partial charge in [-0.15, -0.1) is 11.3 Å². The second-order valence-electron chi connectivity index (χ2n) is 2.75. The van der Waals surface area contributed by atoms with Gasteiger partial charge in [0.1, 0.15) is 6.10 Å². The fraction of sp³-hybridized carbons (Fsp3) is 0.222. The van der Waals surface area contributed by atoms with Gasteiger partial charge in [0.15, 0.2) is 0 Å². The SMILES string of the molecule is Cc1nc(C(O)c2ccoc2)cs1. The van der Waals surface area contributed by atoms with Crippen LogP contribution in [-0.2, 0) is 0 Å². The van der Waals surface area contributed by atoms with Gasteiger partial charge in [0, 0.05) is 10.9 Å². The van der Waals surface area contributed by atoms with Crippen molar-refractivity contribution < 1.29 is 9.52 Å². The summed E-state index contributed by atoms with van der Waals surface area (Å²) in [4.78, 5) is 4.19.